The Labute approximate surface area is 99.6 Å². The van der Waals surface area contributed by atoms with E-state index in [4.69, 9.17) is 9.47 Å². The Kier molecular flexibility index (Phi) is 3.19. The van der Waals surface area contributed by atoms with Gasteiger partial charge in [0.25, 0.3) is 5.91 Å². The molecule has 1 atom stereocenters. The highest BCUT2D eigenvalue weighted by Crippen LogP contribution is 2.37. The molecule has 0 aromatic heterocycles. The first kappa shape index (κ1) is 11.7. The van der Waals surface area contributed by atoms with Gasteiger partial charge in [-0.2, -0.15) is 0 Å². The summed E-state index contributed by atoms with van der Waals surface area (Å²) in [5, 5.41) is 9.45. The van der Waals surface area contributed by atoms with Crippen LogP contribution in [-0.4, -0.2) is 31.0 Å². The van der Waals surface area contributed by atoms with Crippen molar-refractivity contribution in [2.24, 2.45) is 0 Å². The number of hydrogen-bond acceptors (Lipinski definition) is 4. The fourth-order valence-electron chi connectivity index (χ4n) is 1.83. The maximum absolute atomic E-state index is 12.1. The first-order valence-corrected chi connectivity index (χ1v) is 5.47. The van der Waals surface area contributed by atoms with Gasteiger partial charge in [-0.25, -0.2) is 0 Å². The van der Waals surface area contributed by atoms with Gasteiger partial charge < -0.3 is 14.6 Å². The lowest BCUT2D eigenvalue weighted by atomic mass is 10.1. The molecule has 0 saturated heterocycles. The van der Waals surface area contributed by atoms with Crippen LogP contribution in [0, 0.1) is 0 Å². The third-order valence-corrected chi connectivity index (χ3v) is 2.67. The highest BCUT2D eigenvalue weighted by Gasteiger charge is 2.33. The molecule has 1 aromatic carbocycles. The normalized spacial score (nSPS) is 18.8. The molecule has 0 saturated carbocycles. The molecule has 0 aliphatic carbocycles. The van der Waals surface area contributed by atoms with Gasteiger partial charge in [-0.3, -0.25) is 9.69 Å². The van der Waals surface area contributed by atoms with Crippen molar-refractivity contribution < 1.29 is 19.4 Å². The lowest BCUT2D eigenvalue weighted by molar-refractivity contribution is -0.127. The number of ether oxygens (including phenoxy) is 2. The van der Waals surface area contributed by atoms with E-state index in [2.05, 4.69) is 0 Å². The molecule has 5 heteroatoms. The smallest absolute Gasteiger partial charge is 0.270 e. The fraction of sp³-hybridized carbons (Fsp3) is 0.417. The van der Waals surface area contributed by atoms with Crippen LogP contribution in [0.3, 0.4) is 0 Å². The Bertz CT molecular complexity index is 433. The summed E-state index contributed by atoms with van der Waals surface area (Å²) < 4.78 is 10.6. The van der Waals surface area contributed by atoms with E-state index in [-0.39, 0.29) is 18.4 Å². The zero-order valence-electron chi connectivity index (χ0n) is 9.84. The second kappa shape index (κ2) is 4.63. The van der Waals surface area contributed by atoms with Crippen LogP contribution in [0.4, 0.5) is 5.69 Å². The standard InChI is InChI=1S/C12H15NO4/c1-3-10-12(15)13(7-16-2)9-6-8(14)4-5-11(9)17-10/h4-6,10,14H,3,7H2,1-2H3. The number of carbonyl (C=O) groups excluding carboxylic acids is 1. The maximum atomic E-state index is 12.1. The minimum atomic E-state index is -0.484. The monoisotopic (exact) mass is 237 g/mol. The fourth-order valence-corrected chi connectivity index (χ4v) is 1.83. The van der Waals surface area contributed by atoms with Gasteiger partial charge in [-0.1, -0.05) is 6.92 Å². The minimum Gasteiger partial charge on any atom is -0.508 e. The number of phenolic OH excluding ortho intramolecular Hbond substituents is 1. The Morgan fingerprint density at radius 1 is 1.53 bits per heavy atom. The number of hydrogen-bond donors (Lipinski definition) is 1. The van der Waals surface area contributed by atoms with Gasteiger partial charge in [0.15, 0.2) is 6.10 Å². The number of anilines is 1. The topological polar surface area (TPSA) is 59.0 Å². The van der Waals surface area contributed by atoms with Crippen LogP contribution in [-0.2, 0) is 9.53 Å². The van der Waals surface area contributed by atoms with E-state index in [1.807, 2.05) is 6.92 Å². The Morgan fingerprint density at radius 2 is 2.29 bits per heavy atom. The van der Waals surface area contributed by atoms with Gasteiger partial charge in [-0.05, 0) is 18.6 Å². The number of aromatic hydroxyl groups is 1. The molecule has 0 bridgehead atoms. The molecule has 1 amide bonds. The van der Waals surface area contributed by atoms with Crippen LogP contribution >= 0.6 is 0 Å². The van der Waals surface area contributed by atoms with Crippen molar-refractivity contribution in [1.82, 2.24) is 0 Å². The number of phenols is 1. The molecule has 0 fully saturated rings. The van der Waals surface area contributed by atoms with Crippen molar-refractivity contribution in [1.29, 1.82) is 0 Å². The predicted octanol–water partition coefficient (Wildman–Crippen LogP) is 1.50. The van der Waals surface area contributed by atoms with Crippen molar-refractivity contribution in [3.8, 4) is 11.5 Å². The number of methoxy groups -OCH3 is 1. The summed E-state index contributed by atoms with van der Waals surface area (Å²) in [6.45, 7) is 2.04. The first-order valence-electron chi connectivity index (χ1n) is 5.47. The number of rotatable bonds is 3. The lowest BCUT2D eigenvalue weighted by Crippen LogP contribution is -2.46. The molecule has 1 aromatic rings. The van der Waals surface area contributed by atoms with Crippen molar-refractivity contribution >= 4 is 11.6 Å². The van der Waals surface area contributed by atoms with Gasteiger partial charge >= 0.3 is 0 Å². The second-order valence-corrected chi connectivity index (χ2v) is 3.85. The van der Waals surface area contributed by atoms with Gasteiger partial charge in [0.1, 0.15) is 18.2 Å². The zero-order chi connectivity index (χ0) is 12.4. The third-order valence-electron chi connectivity index (χ3n) is 2.67. The highest BCUT2D eigenvalue weighted by molar-refractivity contribution is 6.00. The zero-order valence-corrected chi connectivity index (χ0v) is 9.84. The van der Waals surface area contributed by atoms with Gasteiger partial charge in [0, 0.05) is 13.2 Å². The molecule has 0 radical (unpaired) electrons. The second-order valence-electron chi connectivity index (χ2n) is 3.85. The van der Waals surface area contributed by atoms with Crippen molar-refractivity contribution in [3.05, 3.63) is 18.2 Å². The molecule has 2 rings (SSSR count). The summed E-state index contributed by atoms with van der Waals surface area (Å²) in [4.78, 5) is 13.5. The number of benzene rings is 1. The van der Waals surface area contributed by atoms with Gasteiger partial charge in [0.05, 0.1) is 5.69 Å². The minimum absolute atomic E-state index is 0.0937. The summed E-state index contributed by atoms with van der Waals surface area (Å²) in [5.74, 6) is 0.537. The molecular formula is C12H15NO4. The quantitative estimate of drug-likeness (QED) is 0.865. The van der Waals surface area contributed by atoms with E-state index in [0.717, 1.165) is 0 Å². The average molecular weight is 237 g/mol. The summed E-state index contributed by atoms with van der Waals surface area (Å²) in [5.41, 5.74) is 0.543. The van der Waals surface area contributed by atoms with Crippen LogP contribution in [0.25, 0.3) is 0 Å². The van der Waals surface area contributed by atoms with Crippen LogP contribution < -0.4 is 9.64 Å². The maximum Gasteiger partial charge on any atom is 0.270 e. The Morgan fingerprint density at radius 3 is 2.94 bits per heavy atom. The van der Waals surface area contributed by atoms with E-state index < -0.39 is 6.10 Å². The summed E-state index contributed by atoms with van der Waals surface area (Å²) in [7, 11) is 1.52. The van der Waals surface area contributed by atoms with Crippen LogP contribution in [0.2, 0.25) is 0 Å². The van der Waals surface area contributed by atoms with E-state index in [1.165, 1.54) is 24.1 Å². The molecule has 1 heterocycles. The largest absolute Gasteiger partial charge is 0.508 e. The number of nitrogens with zero attached hydrogens (tertiary/aromatic N) is 1. The molecular weight excluding hydrogens is 222 g/mol. The summed E-state index contributed by atoms with van der Waals surface area (Å²) in [6, 6.07) is 4.69. The number of carbonyl (C=O) groups is 1. The van der Waals surface area contributed by atoms with Crippen LogP contribution in [0.5, 0.6) is 11.5 Å². The molecule has 1 N–H and O–H groups in total. The Balaban J connectivity index is 2.43. The average Bonchev–Trinajstić information content (AvgIpc) is 2.33. The van der Waals surface area contributed by atoms with E-state index >= 15 is 0 Å². The first-order chi connectivity index (χ1) is 8.17. The molecule has 17 heavy (non-hydrogen) atoms. The van der Waals surface area contributed by atoms with Crippen LogP contribution in [0.1, 0.15) is 13.3 Å². The predicted molar refractivity (Wildman–Crippen MR) is 62.2 cm³/mol. The SMILES string of the molecule is CCC1Oc2ccc(O)cc2N(COC)C1=O. The molecule has 5 nitrogen and oxygen atoms in total. The lowest BCUT2D eigenvalue weighted by Gasteiger charge is -2.33. The van der Waals surface area contributed by atoms with Crippen LogP contribution in [0.15, 0.2) is 18.2 Å². The van der Waals surface area contributed by atoms with Crippen molar-refractivity contribution in [2.45, 2.75) is 19.4 Å². The highest BCUT2D eigenvalue weighted by atomic mass is 16.5. The van der Waals surface area contributed by atoms with E-state index in [9.17, 15) is 9.90 Å². The van der Waals surface area contributed by atoms with E-state index in [1.54, 1.807) is 6.07 Å². The number of amides is 1. The van der Waals surface area contributed by atoms with Crippen molar-refractivity contribution in [3.63, 3.8) is 0 Å². The third kappa shape index (κ3) is 2.06. The van der Waals surface area contributed by atoms with E-state index in [0.29, 0.717) is 17.9 Å². The summed E-state index contributed by atoms with van der Waals surface area (Å²) in [6.07, 6.45) is 0.113. The molecule has 1 unspecified atom stereocenters. The molecule has 92 valence electrons. The van der Waals surface area contributed by atoms with Gasteiger partial charge in [-0.15, -0.1) is 0 Å². The molecule has 1 aliphatic heterocycles. The van der Waals surface area contributed by atoms with Crippen molar-refractivity contribution in [2.75, 3.05) is 18.7 Å². The molecule has 1 aliphatic rings. The molecule has 0 spiro atoms. The Hall–Kier alpha value is -1.75. The summed E-state index contributed by atoms with van der Waals surface area (Å²) >= 11 is 0. The number of fused-ring (bicyclic) bond motifs is 1. The van der Waals surface area contributed by atoms with Gasteiger partial charge in [0.2, 0.25) is 0 Å².